The Balaban J connectivity index is 1.24. The number of para-hydroxylation sites is 5. The second-order valence-electron chi connectivity index (χ2n) is 10.4. The molecular formula is C38H27N5. The van der Waals surface area contributed by atoms with E-state index in [1.54, 1.807) is 0 Å². The highest BCUT2D eigenvalue weighted by atomic mass is 15.4. The lowest BCUT2D eigenvalue weighted by Gasteiger charge is -2.40. The summed E-state index contributed by atoms with van der Waals surface area (Å²) in [5.74, 6) is 1.50. The van der Waals surface area contributed by atoms with Gasteiger partial charge in [0.25, 0.3) is 0 Å². The second kappa shape index (κ2) is 10.5. The first-order valence-corrected chi connectivity index (χ1v) is 14.4. The van der Waals surface area contributed by atoms with Crippen LogP contribution in [-0.4, -0.2) is 14.8 Å². The average Bonchev–Trinajstić information content (AvgIpc) is 3.54. The topological polar surface area (TPSA) is 37.2 Å². The Morgan fingerprint density at radius 3 is 1.26 bits per heavy atom. The van der Waals surface area contributed by atoms with Crippen LogP contribution in [0.15, 0.2) is 164 Å². The van der Waals surface area contributed by atoms with Crippen molar-refractivity contribution in [3.05, 3.63) is 164 Å². The van der Waals surface area contributed by atoms with E-state index in [4.69, 9.17) is 10.1 Å². The predicted octanol–water partition coefficient (Wildman–Crippen LogP) is 9.85. The molecule has 0 saturated carbocycles. The van der Waals surface area contributed by atoms with Crippen LogP contribution in [0.3, 0.4) is 0 Å². The monoisotopic (exact) mass is 553 g/mol. The van der Waals surface area contributed by atoms with Crippen molar-refractivity contribution < 1.29 is 0 Å². The number of benzene rings is 6. The van der Waals surface area contributed by atoms with Gasteiger partial charge in [-0.05, 0) is 60.7 Å². The van der Waals surface area contributed by atoms with Crippen molar-refractivity contribution in [1.82, 2.24) is 14.8 Å². The molecule has 0 spiro atoms. The maximum Gasteiger partial charge on any atom is 0.182 e. The van der Waals surface area contributed by atoms with Crippen LogP contribution in [0, 0.1) is 0 Å². The normalized spacial score (nSPS) is 12.1. The Morgan fingerprint density at radius 1 is 0.349 bits per heavy atom. The van der Waals surface area contributed by atoms with Crippen LogP contribution in [-0.2, 0) is 0 Å². The molecule has 43 heavy (non-hydrogen) atoms. The molecule has 0 unspecified atom stereocenters. The van der Waals surface area contributed by atoms with Crippen LogP contribution < -0.4 is 9.80 Å². The molecule has 1 aliphatic rings. The van der Waals surface area contributed by atoms with E-state index in [2.05, 4.69) is 125 Å². The smallest absolute Gasteiger partial charge is 0.182 e. The molecule has 2 heterocycles. The molecule has 1 aliphatic heterocycles. The summed E-state index contributed by atoms with van der Waals surface area (Å²) in [6.45, 7) is 0. The molecule has 8 rings (SSSR count). The van der Waals surface area contributed by atoms with Gasteiger partial charge in [0.2, 0.25) is 0 Å². The summed E-state index contributed by atoms with van der Waals surface area (Å²) >= 11 is 0. The number of hydrogen-bond acceptors (Lipinski definition) is 4. The Hall–Kier alpha value is -5.94. The van der Waals surface area contributed by atoms with Gasteiger partial charge in [-0.3, -0.25) is 0 Å². The van der Waals surface area contributed by atoms with Crippen molar-refractivity contribution in [2.45, 2.75) is 0 Å². The third-order valence-electron chi connectivity index (χ3n) is 7.77. The summed E-state index contributed by atoms with van der Waals surface area (Å²) in [6.07, 6.45) is 0. The van der Waals surface area contributed by atoms with Crippen LogP contribution in [0.4, 0.5) is 34.1 Å². The van der Waals surface area contributed by atoms with E-state index in [1.165, 1.54) is 0 Å². The minimum Gasteiger partial charge on any atom is -0.306 e. The third kappa shape index (κ3) is 4.35. The summed E-state index contributed by atoms with van der Waals surface area (Å²) < 4.78 is 1.94. The van der Waals surface area contributed by atoms with Crippen molar-refractivity contribution >= 4 is 34.1 Å². The molecule has 7 aromatic rings. The van der Waals surface area contributed by atoms with Gasteiger partial charge in [0, 0.05) is 22.5 Å². The lowest BCUT2D eigenvalue weighted by atomic mass is 10.0. The van der Waals surface area contributed by atoms with E-state index in [1.807, 2.05) is 53.2 Å². The summed E-state index contributed by atoms with van der Waals surface area (Å²) in [5.41, 5.74) is 9.65. The van der Waals surface area contributed by atoms with Crippen molar-refractivity contribution in [2.24, 2.45) is 0 Å². The molecule has 5 nitrogen and oxygen atoms in total. The predicted molar refractivity (Wildman–Crippen MR) is 175 cm³/mol. The molecule has 0 fully saturated rings. The first kappa shape index (κ1) is 24.8. The second-order valence-corrected chi connectivity index (χ2v) is 10.4. The van der Waals surface area contributed by atoms with Gasteiger partial charge in [0.15, 0.2) is 11.6 Å². The largest absolute Gasteiger partial charge is 0.306 e. The molecule has 204 valence electrons. The van der Waals surface area contributed by atoms with E-state index < -0.39 is 0 Å². The van der Waals surface area contributed by atoms with Crippen LogP contribution in [0.2, 0.25) is 0 Å². The van der Waals surface area contributed by atoms with Crippen LogP contribution >= 0.6 is 0 Å². The average molecular weight is 554 g/mol. The molecule has 0 atom stereocenters. The highest BCUT2D eigenvalue weighted by molar-refractivity contribution is 6.01. The van der Waals surface area contributed by atoms with Crippen LogP contribution in [0.5, 0.6) is 0 Å². The molecule has 6 aromatic carbocycles. The minimum absolute atomic E-state index is 0.698. The van der Waals surface area contributed by atoms with E-state index in [0.717, 1.165) is 56.8 Å². The van der Waals surface area contributed by atoms with Crippen LogP contribution in [0.25, 0.3) is 28.5 Å². The van der Waals surface area contributed by atoms with E-state index >= 15 is 0 Å². The summed E-state index contributed by atoms with van der Waals surface area (Å²) in [6, 6.07) is 56.6. The Kier molecular flexibility index (Phi) is 6.05. The molecule has 1 aromatic heterocycles. The van der Waals surface area contributed by atoms with Crippen molar-refractivity contribution in [3.8, 4) is 28.5 Å². The number of fused-ring (bicyclic) bond motifs is 2. The molecule has 0 N–H and O–H groups in total. The van der Waals surface area contributed by atoms with Gasteiger partial charge in [0.1, 0.15) is 0 Å². The maximum absolute atomic E-state index is 4.97. The van der Waals surface area contributed by atoms with Gasteiger partial charge in [0.05, 0.1) is 28.4 Å². The quantitative estimate of drug-likeness (QED) is 0.213. The van der Waals surface area contributed by atoms with Crippen molar-refractivity contribution in [1.29, 1.82) is 0 Å². The third-order valence-corrected chi connectivity index (χ3v) is 7.77. The van der Waals surface area contributed by atoms with E-state index in [9.17, 15) is 0 Å². The number of aromatic nitrogens is 3. The number of hydrogen-bond donors (Lipinski definition) is 0. The minimum atomic E-state index is 0.698. The maximum atomic E-state index is 4.97. The SMILES string of the molecule is c1ccc(-c2nc(-c3ccccc3)n(-c3ccc(N4c5ccccc5N(c5ccccc5)c5ccccc54)cc3)n2)cc1. The molecular weight excluding hydrogens is 526 g/mol. The highest BCUT2D eigenvalue weighted by Gasteiger charge is 2.30. The van der Waals surface area contributed by atoms with Crippen molar-refractivity contribution in [2.75, 3.05) is 9.80 Å². The lowest BCUT2D eigenvalue weighted by Crippen LogP contribution is -2.23. The molecule has 0 amide bonds. The Bertz CT molecular complexity index is 1970. The van der Waals surface area contributed by atoms with E-state index in [-0.39, 0.29) is 0 Å². The summed E-state index contributed by atoms with van der Waals surface area (Å²) in [4.78, 5) is 9.64. The van der Waals surface area contributed by atoms with Gasteiger partial charge in [-0.2, -0.15) is 0 Å². The summed E-state index contributed by atoms with van der Waals surface area (Å²) in [5, 5.41) is 4.97. The fourth-order valence-electron chi connectivity index (χ4n) is 5.80. The van der Waals surface area contributed by atoms with E-state index in [0.29, 0.717) is 5.82 Å². The lowest BCUT2D eigenvalue weighted by molar-refractivity contribution is 0.890. The zero-order valence-electron chi connectivity index (χ0n) is 23.3. The molecule has 5 heteroatoms. The molecule has 0 saturated heterocycles. The zero-order valence-corrected chi connectivity index (χ0v) is 23.3. The molecule has 0 bridgehead atoms. The number of anilines is 6. The Morgan fingerprint density at radius 2 is 0.744 bits per heavy atom. The highest BCUT2D eigenvalue weighted by Crippen LogP contribution is 2.53. The van der Waals surface area contributed by atoms with Gasteiger partial charge < -0.3 is 9.80 Å². The molecule has 0 aliphatic carbocycles. The number of nitrogens with zero attached hydrogens (tertiary/aromatic N) is 5. The van der Waals surface area contributed by atoms with Gasteiger partial charge in [-0.1, -0.05) is 103 Å². The standard InChI is InChI=1S/C38H27N5/c1-4-14-28(15-5-1)37-39-38(29-16-6-2-7-17-29)43(40-37)32-26-24-31(25-27-32)42-35-22-12-10-20-33(35)41(30-18-8-3-9-19-30)34-21-11-13-23-36(34)42/h1-27H. The van der Waals surface area contributed by atoms with Crippen molar-refractivity contribution in [3.63, 3.8) is 0 Å². The zero-order chi connectivity index (χ0) is 28.6. The fourth-order valence-corrected chi connectivity index (χ4v) is 5.80. The first-order valence-electron chi connectivity index (χ1n) is 14.4. The van der Waals surface area contributed by atoms with Crippen LogP contribution in [0.1, 0.15) is 0 Å². The van der Waals surface area contributed by atoms with Gasteiger partial charge in [-0.25, -0.2) is 9.67 Å². The first-order chi connectivity index (χ1) is 21.3. The Labute approximate surface area is 250 Å². The summed E-state index contributed by atoms with van der Waals surface area (Å²) in [7, 11) is 0. The fraction of sp³-hybridized carbons (Fsp3) is 0. The number of rotatable bonds is 5. The van der Waals surface area contributed by atoms with Gasteiger partial charge >= 0.3 is 0 Å². The van der Waals surface area contributed by atoms with Gasteiger partial charge in [-0.15, -0.1) is 5.10 Å². The molecule has 0 radical (unpaired) electrons.